The summed E-state index contributed by atoms with van der Waals surface area (Å²) in [6.07, 6.45) is 10.7. The first-order chi connectivity index (χ1) is 18.4. The van der Waals surface area contributed by atoms with Crippen molar-refractivity contribution < 1.29 is 0 Å². The van der Waals surface area contributed by atoms with Gasteiger partial charge in [0.2, 0.25) is 0 Å². The third-order valence-electron chi connectivity index (χ3n) is 6.17. The van der Waals surface area contributed by atoms with E-state index >= 15 is 0 Å². The summed E-state index contributed by atoms with van der Waals surface area (Å²) in [7, 11) is 0. The van der Waals surface area contributed by atoms with Gasteiger partial charge in [-0.15, -0.1) is 0 Å². The molecule has 3 nitrogen and oxygen atoms in total. The van der Waals surface area contributed by atoms with Crippen molar-refractivity contribution in [3.05, 3.63) is 156 Å². The topological polar surface area (TPSA) is 50.7 Å². The van der Waals surface area contributed by atoms with Crippen molar-refractivity contribution >= 4 is 11.7 Å². The molecule has 0 bridgehead atoms. The first-order valence-corrected chi connectivity index (χ1v) is 12.9. The molecule has 0 fully saturated rings. The van der Waals surface area contributed by atoms with Gasteiger partial charge < -0.3 is 5.73 Å². The average Bonchev–Trinajstić information content (AvgIpc) is 2.96. The molecule has 0 saturated carbocycles. The largest absolute Gasteiger partial charge is 0.383 e. The fraction of sp³-hybridized carbons (Fsp3) is 0.143. The Kier molecular flexibility index (Phi) is 10.6. The first kappa shape index (κ1) is 28.1. The van der Waals surface area contributed by atoms with E-state index in [0.29, 0.717) is 18.2 Å². The van der Waals surface area contributed by atoms with Gasteiger partial charge in [-0.2, -0.15) is 0 Å². The summed E-state index contributed by atoms with van der Waals surface area (Å²) in [6, 6.07) is 26.6. The second-order valence-corrected chi connectivity index (χ2v) is 8.96. The van der Waals surface area contributed by atoms with Crippen LogP contribution in [-0.4, -0.2) is 18.2 Å². The van der Waals surface area contributed by atoms with Gasteiger partial charge in [-0.25, -0.2) is 4.99 Å². The molecule has 3 rings (SSSR count). The lowest BCUT2D eigenvalue weighted by atomic mass is 10.0. The molecule has 0 atom stereocenters. The molecule has 0 aliphatic heterocycles. The Bertz CT molecular complexity index is 1400. The van der Waals surface area contributed by atoms with Crippen LogP contribution in [0.5, 0.6) is 0 Å². The summed E-state index contributed by atoms with van der Waals surface area (Å²) in [5.41, 5.74) is 14.9. The number of rotatable bonds is 10. The van der Waals surface area contributed by atoms with Gasteiger partial charge in [-0.3, -0.25) is 4.99 Å². The summed E-state index contributed by atoms with van der Waals surface area (Å²) in [4.78, 5) is 9.74. The molecule has 38 heavy (non-hydrogen) atoms. The maximum Gasteiger partial charge on any atom is 0.157 e. The van der Waals surface area contributed by atoms with E-state index in [4.69, 9.17) is 15.7 Å². The fourth-order valence-corrected chi connectivity index (χ4v) is 3.88. The van der Waals surface area contributed by atoms with Crippen molar-refractivity contribution in [3.63, 3.8) is 0 Å². The molecule has 0 spiro atoms. The summed E-state index contributed by atoms with van der Waals surface area (Å²) < 4.78 is 0. The zero-order valence-electron chi connectivity index (χ0n) is 22.7. The Morgan fingerprint density at radius 3 is 2.29 bits per heavy atom. The minimum atomic E-state index is 0.428. The van der Waals surface area contributed by atoms with Crippen molar-refractivity contribution in [1.82, 2.24) is 0 Å². The summed E-state index contributed by atoms with van der Waals surface area (Å²) >= 11 is 0. The molecular weight excluding hydrogens is 462 g/mol. The van der Waals surface area contributed by atoms with Gasteiger partial charge in [0.15, 0.2) is 5.84 Å². The van der Waals surface area contributed by atoms with E-state index in [0.717, 1.165) is 45.4 Å². The summed E-state index contributed by atoms with van der Waals surface area (Å²) in [5, 5.41) is 0. The van der Waals surface area contributed by atoms with Gasteiger partial charge in [-0.05, 0) is 54.2 Å². The van der Waals surface area contributed by atoms with Crippen molar-refractivity contribution in [2.75, 3.05) is 6.54 Å². The van der Waals surface area contributed by atoms with E-state index in [1.54, 1.807) is 6.08 Å². The Morgan fingerprint density at radius 1 is 0.921 bits per heavy atom. The van der Waals surface area contributed by atoms with E-state index in [9.17, 15) is 0 Å². The number of hydrogen-bond donors (Lipinski definition) is 1. The summed E-state index contributed by atoms with van der Waals surface area (Å²) in [5.74, 6) is 1.03. The number of aryl methyl sites for hydroxylation is 1. The molecule has 0 unspecified atom stereocenters. The van der Waals surface area contributed by atoms with Crippen LogP contribution in [-0.2, 0) is 0 Å². The van der Waals surface area contributed by atoms with Crippen LogP contribution in [0.15, 0.2) is 149 Å². The predicted octanol–water partition coefficient (Wildman–Crippen LogP) is 8.40. The lowest BCUT2D eigenvalue weighted by Gasteiger charge is -2.09. The van der Waals surface area contributed by atoms with Crippen LogP contribution in [0.3, 0.4) is 0 Å². The van der Waals surface area contributed by atoms with Gasteiger partial charge in [0.05, 0.1) is 6.54 Å². The quantitative estimate of drug-likeness (QED) is 0.170. The smallest absolute Gasteiger partial charge is 0.157 e. The highest BCUT2D eigenvalue weighted by Gasteiger charge is 2.08. The zero-order valence-corrected chi connectivity index (χ0v) is 22.7. The molecule has 0 saturated heterocycles. The lowest BCUT2D eigenvalue weighted by Crippen LogP contribution is -2.16. The average molecular weight is 500 g/mol. The highest BCUT2D eigenvalue weighted by atomic mass is 15.0. The second kappa shape index (κ2) is 14.3. The third-order valence-corrected chi connectivity index (χ3v) is 6.17. The molecule has 0 heterocycles. The molecule has 0 aromatic heterocycles. The van der Waals surface area contributed by atoms with E-state index in [1.165, 1.54) is 5.56 Å². The number of benzene rings is 3. The van der Waals surface area contributed by atoms with E-state index in [2.05, 4.69) is 75.6 Å². The maximum atomic E-state index is 6.55. The maximum absolute atomic E-state index is 6.55. The number of hydrogen-bond acceptors (Lipinski definition) is 1. The Labute approximate surface area is 227 Å². The predicted molar refractivity (Wildman–Crippen MR) is 166 cm³/mol. The monoisotopic (exact) mass is 499 g/mol. The highest BCUT2D eigenvalue weighted by Crippen LogP contribution is 2.21. The second-order valence-electron chi connectivity index (χ2n) is 8.96. The Balaban J connectivity index is 1.97. The number of amidine groups is 2. The van der Waals surface area contributed by atoms with Crippen LogP contribution in [0.1, 0.15) is 37.0 Å². The fourth-order valence-electron chi connectivity index (χ4n) is 3.88. The van der Waals surface area contributed by atoms with Gasteiger partial charge in [0, 0.05) is 11.1 Å². The van der Waals surface area contributed by atoms with Crippen LogP contribution >= 0.6 is 0 Å². The molecule has 0 radical (unpaired) electrons. The molecule has 0 aliphatic rings. The number of nitrogens with zero attached hydrogens (tertiary/aromatic N) is 2. The van der Waals surface area contributed by atoms with Gasteiger partial charge in [0.25, 0.3) is 0 Å². The van der Waals surface area contributed by atoms with Gasteiger partial charge in [0.1, 0.15) is 5.84 Å². The third kappa shape index (κ3) is 8.01. The standard InChI is InChI=1S/C35H37N3/c1-6-9-14-27(5)29(8-3)23-28(7-2)25-37-35(31-21-19-26(4)20-22-31)38-34(36)33-18-13-17-32(24-33)30-15-11-10-12-16-30/h6-7,9-24H,1,5,8,25H2,2-4H3,(H2,36,37,38)/b14-9-,28-7+,29-23+. The highest BCUT2D eigenvalue weighted by molar-refractivity contribution is 6.11. The zero-order chi connectivity index (χ0) is 27.3. The molecule has 3 heteroatoms. The van der Waals surface area contributed by atoms with Crippen LogP contribution < -0.4 is 5.73 Å². The van der Waals surface area contributed by atoms with E-state index < -0.39 is 0 Å². The lowest BCUT2D eigenvalue weighted by molar-refractivity contribution is 1.10. The van der Waals surface area contributed by atoms with Crippen molar-refractivity contribution in [2.45, 2.75) is 27.2 Å². The molecule has 3 aromatic rings. The minimum Gasteiger partial charge on any atom is -0.383 e. The number of allylic oxidation sites excluding steroid dienone is 6. The van der Waals surface area contributed by atoms with Gasteiger partial charge >= 0.3 is 0 Å². The molecule has 192 valence electrons. The summed E-state index contributed by atoms with van der Waals surface area (Å²) in [6.45, 7) is 14.6. The SMILES string of the molecule is C=C/C=C\C(=C)/C(=C/C(=C\C)CN=C(N=C(N)c1cccc(-c2ccccc2)c1)c1ccc(C)cc1)CC. The van der Waals surface area contributed by atoms with Crippen molar-refractivity contribution in [3.8, 4) is 11.1 Å². The molecule has 2 N–H and O–H groups in total. The van der Waals surface area contributed by atoms with Crippen molar-refractivity contribution in [1.29, 1.82) is 0 Å². The normalized spacial score (nSPS) is 13.1. The van der Waals surface area contributed by atoms with E-state index in [-0.39, 0.29) is 0 Å². The number of aliphatic imine (C=N–C) groups is 2. The minimum absolute atomic E-state index is 0.428. The molecule has 0 aliphatic carbocycles. The van der Waals surface area contributed by atoms with Crippen LogP contribution in [0, 0.1) is 6.92 Å². The molecular formula is C35H37N3. The Hall–Kier alpha value is -4.50. The Morgan fingerprint density at radius 2 is 1.63 bits per heavy atom. The van der Waals surface area contributed by atoms with E-state index in [1.807, 2.05) is 61.5 Å². The van der Waals surface area contributed by atoms with Crippen LogP contribution in [0.2, 0.25) is 0 Å². The molecule has 0 amide bonds. The van der Waals surface area contributed by atoms with Crippen molar-refractivity contribution in [2.24, 2.45) is 15.7 Å². The first-order valence-electron chi connectivity index (χ1n) is 12.9. The van der Waals surface area contributed by atoms with Crippen LogP contribution in [0.4, 0.5) is 0 Å². The van der Waals surface area contributed by atoms with Crippen LogP contribution in [0.25, 0.3) is 11.1 Å². The number of nitrogens with two attached hydrogens (primary N) is 1. The van der Waals surface area contributed by atoms with Gasteiger partial charge in [-0.1, -0.05) is 129 Å². The molecule has 3 aromatic carbocycles.